The molecule has 6 nitrogen and oxygen atoms in total. The SMILES string of the molecule is COC(=O)c1ccc(Cn2nc(-c3cc(C)c(C)cc3C)ccc2=O)o1. The van der Waals surface area contributed by atoms with Crippen LogP contribution in [0.2, 0.25) is 0 Å². The monoisotopic (exact) mass is 352 g/mol. The van der Waals surface area contributed by atoms with E-state index in [1.54, 1.807) is 12.1 Å². The van der Waals surface area contributed by atoms with E-state index in [-0.39, 0.29) is 17.9 Å². The van der Waals surface area contributed by atoms with Gasteiger partial charge >= 0.3 is 5.97 Å². The Balaban J connectivity index is 1.96. The van der Waals surface area contributed by atoms with Gasteiger partial charge in [0.25, 0.3) is 5.56 Å². The predicted molar refractivity (Wildman–Crippen MR) is 97.3 cm³/mol. The summed E-state index contributed by atoms with van der Waals surface area (Å²) in [7, 11) is 1.28. The summed E-state index contributed by atoms with van der Waals surface area (Å²) < 4.78 is 11.4. The number of nitrogens with zero attached hydrogens (tertiary/aromatic N) is 2. The van der Waals surface area contributed by atoms with Crippen molar-refractivity contribution in [3.8, 4) is 11.3 Å². The molecular formula is C20H20N2O4. The van der Waals surface area contributed by atoms with Crippen molar-refractivity contribution >= 4 is 5.97 Å². The Morgan fingerprint density at radius 1 is 1.08 bits per heavy atom. The number of methoxy groups -OCH3 is 1. The van der Waals surface area contributed by atoms with Gasteiger partial charge in [0, 0.05) is 11.6 Å². The Morgan fingerprint density at radius 2 is 1.81 bits per heavy atom. The zero-order chi connectivity index (χ0) is 18.8. The van der Waals surface area contributed by atoms with Gasteiger partial charge < -0.3 is 9.15 Å². The minimum absolute atomic E-state index is 0.0942. The van der Waals surface area contributed by atoms with Crippen LogP contribution in [-0.2, 0) is 11.3 Å². The van der Waals surface area contributed by atoms with Gasteiger partial charge in [-0.15, -0.1) is 0 Å². The van der Waals surface area contributed by atoms with Gasteiger partial charge in [0.2, 0.25) is 5.76 Å². The van der Waals surface area contributed by atoms with Crippen molar-refractivity contribution in [2.75, 3.05) is 7.11 Å². The first-order valence-corrected chi connectivity index (χ1v) is 8.22. The third kappa shape index (κ3) is 3.44. The first-order chi connectivity index (χ1) is 12.4. The Morgan fingerprint density at radius 3 is 2.54 bits per heavy atom. The van der Waals surface area contributed by atoms with Gasteiger partial charge in [-0.3, -0.25) is 4.79 Å². The molecule has 2 heterocycles. The molecule has 0 amide bonds. The summed E-state index contributed by atoms with van der Waals surface area (Å²) in [6.07, 6.45) is 0. The third-order valence-electron chi connectivity index (χ3n) is 4.34. The zero-order valence-electron chi connectivity index (χ0n) is 15.2. The molecule has 0 saturated heterocycles. The third-order valence-corrected chi connectivity index (χ3v) is 4.34. The van der Waals surface area contributed by atoms with Crippen molar-refractivity contribution in [2.24, 2.45) is 0 Å². The van der Waals surface area contributed by atoms with E-state index in [1.807, 2.05) is 13.8 Å². The number of aryl methyl sites for hydroxylation is 3. The molecule has 0 spiro atoms. The molecule has 134 valence electrons. The highest BCUT2D eigenvalue weighted by atomic mass is 16.5. The van der Waals surface area contributed by atoms with Crippen molar-refractivity contribution in [1.29, 1.82) is 0 Å². The van der Waals surface area contributed by atoms with Crippen molar-refractivity contribution in [3.63, 3.8) is 0 Å². The quantitative estimate of drug-likeness (QED) is 0.674. The van der Waals surface area contributed by atoms with E-state index in [2.05, 4.69) is 28.9 Å². The largest absolute Gasteiger partial charge is 0.463 e. The predicted octanol–water partition coefficient (Wildman–Crippen LogP) is 3.26. The van der Waals surface area contributed by atoms with Crippen molar-refractivity contribution in [3.05, 3.63) is 75.0 Å². The fourth-order valence-electron chi connectivity index (χ4n) is 2.76. The van der Waals surface area contributed by atoms with E-state index in [9.17, 15) is 9.59 Å². The van der Waals surface area contributed by atoms with Crippen LogP contribution >= 0.6 is 0 Å². The lowest BCUT2D eigenvalue weighted by atomic mass is 9.99. The molecule has 2 aromatic heterocycles. The van der Waals surface area contributed by atoms with Crippen LogP contribution < -0.4 is 5.56 Å². The van der Waals surface area contributed by atoms with E-state index in [1.165, 1.54) is 35.1 Å². The van der Waals surface area contributed by atoms with Crippen LogP contribution in [0.5, 0.6) is 0 Å². The van der Waals surface area contributed by atoms with E-state index in [0.717, 1.165) is 11.1 Å². The second-order valence-corrected chi connectivity index (χ2v) is 6.22. The van der Waals surface area contributed by atoms with Crippen LogP contribution in [0.25, 0.3) is 11.3 Å². The maximum atomic E-state index is 12.2. The number of aromatic nitrogens is 2. The topological polar surface area (TPSA) is 74.3 Å². The summed E-state index contributed by atoms with van der Waals surface area (Å²) in [6, 6.07) is 10.5. The van der Waals surface area contributed by atoms with Crippen LogP contribution in [0.4, 0.5) is 0 Å². The Labute approximate surface area is 151 Å². The molecule has 0 aliphatic carbocycles. The second-order valence-electron chi connectivity index (χ2n) is 6.22. The number of rotatable bonds is 4. The molecule has 0 atom stereocenters. The number of carbonyl (C=O) groups is 1. The summed E-state index contributed by atoms with van der Waals surface area (Å²) in [5, 5.41) is 4.47. The van der Waals surface area contributed by atoms with Crippen LogP contribution in [-0.4, -0.2) is 22.9 Å². The number of hydrogen-bond donors (Lipinski definition) is 0. The molecule has 0 N–H and O–H groups in total. The number of hydrogen-bond acceptors (Lipinski definition) is 5. The fraction of sp³-hybridized carbons (Fsp3) is 0.250. The van der Waals surface area contributed by atoms with Crippen molar-refractivity contribution in [1.82, 2.24) is 9.78 Å². The minimum atomic E-state index is -0.559. The molecule has 0 fully saturated rings. The molecule has 0 radical (unpaired) electrons. The smallest absolute Gasteiger partial charge is 0.373 e. The molecule has 6 heteroatoms. The highest BCUT2D eigenvalue weighted by Crippen LogP contribution is 2.24. The zero-order valence-corrected chi connectivity index (χ0v) is 15.2. The van der Waals surface area contributed by atoms with Crippen LogP contribution in [0.1, 0.15) is 33.0 Å². The molecule has 3 rings (SSSR count). The summed E-state index contributed by atoms with van der Waals surface area (Å²) in [5.41, 5.74) is 4.92. The average molecular weight is 352 g/mol. The first-order valence-electron chi connectivity index (χ1n) is 8.22. The lowest BCUT2D eigenvalue weighted by molar-refractivity contribution is 0.0562. The number of ether oxygens (including phenoxy) is 1. The Kier molecular flexibility index (Phi) is 4.75. The highest BCUT2D eigenvalue weighted by Gasteiger charge is 2.13. The summed E-state index contributed by atoms with van der Waals surface area (Å²) >= 11 is 0. The van der Waals surface area contributed by atoms with Crippen LogP contribution in [0.3, 0.4) is 0 Å². The second kappa shape index (κ2) is 7.00. The molecule has 26 heavy (non-hydrogen) atoms. The standard InChI is InChI=1S/C20H20N2O4/c1-12-9-14(3)16(10-13(12)2)17-6-8-19(23)22(21-17)11-15-5-7-18(26-15)20(24)25-4/h5-10H,11H2,1-4H3. The molecule has 0 bridgehead atoms. The van der Waals surface area contributed by atoms with Gasteiger partial charge in [0.05, 0.1) is 12.8 Å². The lowest BCUT2D eigenvalue weighted by Crippen LogP contribution is -2.22. The fourth-order valence-corrected chi connectivity index (χ4v) is 2.76. The van der Waals surface area contributed by atoms with E-state index >= 15 is 0 Å². The van der Waals surface area contributed by atoms with Crippen molar-refractivity contribution < 1.29 is 13.9 Å². The molecule has 0 aliphatic rings. The van der Waals surface area contributed by atoms with Gasteiger partial charge in [-0.2, -0.15) is 5.10 Å². The summed E-state index contributed by atoms with van der Waals surface area (Å²) in [5.74, 6) is -0.0123. The molecule has 0 saturated carbocycles. The maximum absolute atomic E-state index is 12.2. The lowest BCUT2D eigenvalue weighted by Gasteiger charge is -2.11. The number of esters is 1. The average Bonchev–Trinajstić information content (AvgIpc) is 3.08. The molecule has 0 unspecified atom stereocenters. The Bertz CT molecular complexity index is 1030. The molecular weight excluding hydrogens is 332 g/mol. The van der Waals surface area contributed by atoms with E-state index in [0.29, 0.717) is 11.5 Å². The van der Waals surface area contributed by atoms with Gasteiger partial charge in [-0.1, -0.05) is 6.07 Å². The van der Waals surface area contributed by atoms with E-state index in [4.69, 9.17) is 4.42 Å². The number of carbonyl (C=O) groups excluding carboxylic acids is 1. The summed E-state index contributed by atoms with van der Waals surface area (Å²) in [6.45, 7) is 6.27. The molecule has 1 aromatic carbocycles. The van der Waals surface area contributed by atoms with Gasteiger partial charge in [0.1, 0.15) is 12.3 Å². The highest BCUT2D eigenvalue weighted by molar-refractivity contribution is 5.86. The first kappa shape index (κ1) is 17.7. The van der Waals surface area contributed by atoms with Crippen LogP contribution in [0, 0.1) is 20.8 Å². The molecule has 0 aliphatic heterocycles. The van der Waals surface area contributed by atoms with Gasteiger partial charge in [0.15, 0.2) is 0 Å². The number of benzene rings is 1. The normalized spacial score (nSPS) is 10.8. The molecule has 3 aromatic rings. The number of furan rings is 1. The van der Waals surface area contributed by atoms with Crippen molar-refractivity contribution in [2.45, 2.75) is 27.3 Å². The van der Waals surface area contributed by atoms with Crippen LogP contribution in [0.15, 0.2) is 45.6 Å². The Hall–Kier alpha value is -3.15. The van der Waals surface area contributed by atoms with E-state index < -0.39 is 5.97 Å². The van der Waals surface area contributed by atoms with Gasteiger partial charge in [-0.25, -0.2) is 9.48 Å². The maximum Gasteiger partial charge on any atom is 0.373 e. The minimum Gasteiger partial charge on any atom is -0.463 e. The summed E-state index contributed by atoms with van der Waals surface area (Å²) in [4.78, 5) is 23.7. The van der Waals surface area contributed by atoms with Gasteiger partial charge in [-0.05, 0) is 61.7 Å².